The van der Waals surface area contributed by atoms with Crippen molar-refractivity contribution in [1.29, 1.82) is 5.26 Å². The van der Waals surface area contributed by atoms with Crippen molar-refractivity contribution >= 4 is 16.9 Å². The van der Waals surface area contributed by atoms with Gasteiger partial charge in [0.15, 0.2) is 0 Å². The average molecular weight is 450 g/mol. The Kier molecular flexibility index (Phi) is 7.31. The van der Waals surface area contributed by atoms with Gasteiger partial charge < -0.3 is 10.1 Å². The minimum Gasteiger partial charge on any atom is -0.460 e. The fraction of sp³-hybridized carbons (Fsp3) is 0.207. The Balaban J connectivity index is 1.42. The molecule has 0 aliphatic heterocycles. The summed E-state index contributed by atoms with van der Waals surface area (Å²) in [7, 11) is 0. The number of rotatable bonds is 8. The van der Waals surface area contributed by atoms with E-state index >= 15 is 0 Å². The first kappa shape index (κ1) is 23.2. The van der Waals surface area contributed by atoms with Crippen molar-refractivity contribution in [2.24, 2.45) is 5.92 Å². The third kappa shape index (κ3) is 5.67. The minimum absolute atomic E-state index is 0.0976. The van der Waals surface area contributed by atoms with E-state index in [2.05, 4.69) is 17.5 Å². The van der Waals surface area contributed by atoms with E-state index in [1.54, 1.807) is 12.1 Å². The summed E-state index contributed by atoms with van der Waals surface area (Å²) in [5, 5.41) is 13.4. The van der Waals surface area contributed by atoms with Crippen molar-refractivity contribution in [2.45, 2.75) is 33.0 Å². The molecule has 5 heteroatoms. The standard InChI is InChI=1S/C29H27N3O2/c1-20(2)28(29(33)34-19-22-6-4-3-5-7-22)31-18-23-10-14-27-25(16-23)13-15-26(32-27)24-11-8-21(17-30)9-12-24/h3-16,20,28,31H,18-19H2,1-2H3. The van der Waals surface area contributed by atoms with Crippen molar-refractivity contribution in [2.75, 3.05) is 0 Å². The number of carbonyl (C=O) groups is 1. The van der Waals surface area contributed by atoms with Crippen LogP contribution in [0.3, 0.4) is 0 Å². The number of aromatic nitrogens is 1. The van der Waals surface area contributed by atoms with Gasteiger partial charge in [0, 0.05) is 17.5 Å². The molecule has 0 aliphatic rings. The van der Waals surface area contributed by atoms with E-state index in [1.165, 1.54) is 0 Å². The van der Waals surface area contributed by atoms with Crippen LogP contribution in [0.5, 0.6) is 0 Å². The molecule has 5 nitrogen and oxygen atoms in total. The molecule has 1 heterocycles. The number of hydrogen-bond donors (Lipinski definition) is 1. The molecule has 0 saturated heterocycles. The summed E-state index contributed by atoms with van der Waals surface area (Å²) in [5.41, 5.74) is 5.41. The van der Waals surface area contributed by atoms with Crippen LogP contribution in [0.4, 0.5) is 0 Å². The lowest BCUT2D eigenvalue weighted by Crippen LogP contribution is -2.41. The zero-order chi connectivity index (χ0) is 23.9. The van der Waals surface area contributed by atoms with E-state index in [0.717, 1.165) is 33.3 Å². The summed E-state index contributed by atoms with van der Waals surface area (Å²) in [5.74, 6) is -0.145. The van der Waals surface area contributed by atoms with E-state index in [9.17, 15) is 4.79 Å². The molecular formula is C29H27N3O2. The van der Waals surface area contributed by atoms with E-state index in [0.29, 0.717) is 12.1 Å². The number of fused-ring (bicyclic) bond motifs is 1. The topological polar surface area (TPSA) is 75.0 Å². The molecule has 0 aliphatic carbocycles. The van der Waals surface area contributed by atoms with Crippen molar-refractivity contribution in [3.8, 4) is 17.3 Å². The summed E-state index contributed by atoms with van der Waals surface area (Å²) in [6.07, 6.45) is 0. The smallest absolute Gasteiger partial charge is 0.323 e. The quantitative estimate of drug-likeness (QED) is 0.353. The molecule has 0 spiro atoms. The molecule has 0 amide bonds. The molecule has 1 N–H and O–H groups in total. The van der Waals surface area contributed by atoms with Gasteiger partial charge in [-0.05, 0) is 47.4 Å². The zero-order valence-electron chi connectivity index (χ0n) is 19.4. The predicted octanol–water partition coefficient (Wildman–Crippen LogP) is 5.63. The summed E-state index contributed by atoms with van der Waals surface area (Å²) >= 11 is 0. The third-order valence-electron chi connectivity index (χ3n) is 5.73. The Morgan fingerprint density at radius 3 is 2.44 bits per heavy atom. The maximum Gasteiger partial charge on any atom is 0.323 e. The van der Waals surface area contributed by atoms with Crippen molar-refractivity contribution in [1.82, 2.24) is 10.3 Å². The van der Waals surface area contributed by atoms with Crippen molar-refractivity contribution in [3.63, 3.8) is 0 Å². The molecule has 1 unspecified atom stereocenters. The molecule has 4 rings (SSSR count). The lowest BCUT2D eigenvalue weighted by molar-refractivity contribution is -0.148. The lowest BCUT2D eigenvalue weighted by Gasteiger charge is -2.21. The molecule has 170 valence electrons. The Labute approximate surface area is 200 Å². The van der Waals surface area contributed by atoms with Crippen LogP contribution in [-0.2, 0) is 22.7 Å². The van der Waals surface area contributed by atoms with E-state index in [4.69, 9.17) is 15.0 Å². The monoisotopic (exact) mass is 449 g/mol. The Hall–Kier alpha value is -4.01. The van der Waals surface area contributed by atoms with Crippen LogP contribution in [0.25, 0.3) is 22.2 Å². The number of nitrogens with zero attached hydrogens (tertiary/aromatic N) is 2. The molecule has 0 radical (unpaired) electrons. The number of ether oxygens (including phenoxy) is 1. The van der Waals surface area contributed by atoms with Gasteiger partial charge in [-0.1, -0.05) is 68.4 Å². The Bertz CT molecular complexity index is 1310. The number of nitriles is 1. The highest BCUT2D eigenvalue weighted by atomic mass is 16.5. The predicted molar refractivity (Wildman–Crippen MR) is 134 cm³/mol. The number of carbonyl (C=O) groups excluding carboxylic acids is 1. The maximum atomic E-state index is 12.7. The molecule has 3 aromatic carbocycles. The number of benzene rings is 3. The van der Waals surface area contributed by atoms with Crippen molar-refractivity contribution in [3.05, 3.63) is 102 Å². The molecular weight excluding hydrogens is 422 g/mol. The largest absolute Gasteiger partial charge is 0.460 e. The van der Waals surface area contributed by atoms with Gasteiger partial charge in [-0.15, -0.1) is 0 Å². The molecule has 0 fully saturated rings. The molecule has 1 aromatic heterocycles. The Morgan fingerprint density at radius 1 is 0.971 bits per heavy atom. The van der Waals surface area contributed by atoms with Crippen LogP contribution < -0.4 is 5.32 Å². The third-order valence-corrected chi connectivity index (χ3v) is 5.73. The molecule has 0 saturated carbocycles. The van der Waals surface area contributed by atoms with Gasteiger partial charge in [0.1, 0.15) is 12.6 Å². The van der Waals surface area contributed by atoms with E-state index in [-0.39, 0.29) is 18.5 Å². The second kappa shape index (κ2) is 10.7. The van der Waals surface area contributed by atoms with E-state index < -0.39 is 6.04 Å². The average Bonchev–Trinajstić information content (AvgIpc) is 2.87. The van der Waals surface area contributed by atoms with Crippen LogP contribution in [0.1, 0.15) is 30.5 Å². The van der Waals surface area contributed by atoms with E-state index in [1.807, 2.05) is 80.6 Å². The first-order chi connectivity index (χ1) is 16.5. The van der Waals surface area contributed by atoms with Crippen LogP contribution >= 0.6 is 0 Å². The summed E-state index contributed by atoms with van der Waals surface area (Å²) < 4.78 is 5.55. The zero-order valence-corrected chi connectivity index (χ0v) is 19.4. The maximum absolute atomic E-state index is 12.7. The number of hydrogen-bond acceptors (Lipinski definition) is 5. The Morgan fingerprint density at radius 2 is 1.74 bits per heavy atom. The fourth-order valence-electron chi connectivity index (χ4n) is 3.80. The first-order valence-corrected chi connectivity index (χ1v) is 11.4. The van der Waals surface area contributed by atoms with Gasteiger partial charge in [-0.25, -0.2) is 4.98 Å². The molecule has 1 atom stereocenters. The summed E-state index contributed by atoms with van der Waals surface area (Å²) in [6.45, 7) is 4.84. The second-order valence-electron chi connectivity index (χ2n) is 8.61. The lowest BCUT2D eigenvalue weighted by atomic mass is 10.0. The van der Waals surface area contributed by atoms with Gasteiger partial charge in [-0.2, -0.15) is 5.26 Å². The second-order valence-corrected chi connectivity index (χ2v) is 8.61. The highest BCUT2D eigenvalue weighted by molar-refractivity contribution is 5.82. The van der Waals surface area contributed by atoms with Gasteiger partial charge in [0.25, 0.3) is 0 Å². The van der Waals surface area contributed by atoms with Gasteiger partial charge in [0.2, 0.25) is 0 Å². The molecule has 0 bridgehead atoms. The highest BCUT2D eigenvalue weighted by Crippen LogP contribution is 2.22. The van der Waals surface area contributed by atoms with Gasteiger partial charge >= 0.3 is 5.97 Å². The van der Waals surface area contributed by atoms with Crippen molar-refractivity contribution < 1.29 is 9.53 Å². The fourth-order valence-corrected chi connectivity index (χ4v) is 3.80. The number of nitrogens with one attached hydrogen (secondary N) is 1. The van der Waals surface area contributed by atoms with Gasteiger partial charge in [-0.3, -0.25) is 4.79 Å². The van der Waals surface area contributed by atoms with Crippen LogP contribution in [0.15, 0.2) is 84.9 Å². The van der Waals surface area contributed by atoms with Gasteiger partial charge in [0.05, 0.1) is 22.8 Å². The highest BCUT2D eigenvalue weighted by Gasteiger charge is 2.23. The van der Waals surface area contributed by atoms with Crippen LogP contribution in [-0.4, -0.2) is 17.0 Å². The number of pyridine rings is 1. The molecule has 4 aromatic rings. The van der Waals surface area contributed by atoms with Crippen LogP contribution in [0, 0.1) is 17.2 Å². The summed E-state index contributed by atoms with van der Waals surface area (Å²) in [4.78, 5) is 17.5. The van der Waals surface area contributed by atoms with Crippen LogP contribution in [0.2, 0.25) is 0 Å². The first-order valence-electron chi connectivity index (χ1n) is 11.4. The normalized spacial score (nSPS) is 11.8. The number of esters is 1. The minimum atomic E-state index is -0.392. The SMILES string of the molecule is CC(C)C(NCc1ccc2nc(-c3ccc(C#N)cc3)ccc2c1)C(=O)OCc1ccccc1. The summed E-state index contributed by atoms with van der Waals surface area (Å²) in [6, 6.07) is 29.0. The molecule has 34 heavy (non-hydrogen) atoms.